The summed E-state index contributed by atoms with van der Waals surface area (Å²) in [4.78, 5) is 4.69. The number of nitrogens with one attached hydrogen (secondary N) is 3. The molecule has 9 heteroatoms. The second-order valence-corrected chi connectivity index (χ2v) is 7.99. The van der Waals surface area contributed by atoms with Crippen molar-refractivity contribution in [2.75, 3.05) is 31.7 Å². The first-order chi connectivity index (χ1) is 15.4. The lowest BCUT2D eigenvalue weighted by molar-refractivity contribution is 0.0277. The Kier molecular flexibility index (Phi) is 10.4. The van der Waals surface area contributed by atoms with E-state index in [-0.39, 0.29) is 24.0 Å². The molecule has 0 bridgehead atoms. The van der Waals surface area contributed by atoms with Crippen LogP contribution >= 0.6 is 24.0 Å². The van der Waals surface area contributed by atoms with E-state index in [1.807, 2.05) is 24.3 Å². The maximum Gasteiger partial charge on any atom is 0.196 e. The molecule has 32 heavy (non-hydrogen) atoms. The molecule has 0 amide bonds. The van der Waals surface area contributed by atoms with Crippen LogP contribution in [0.5, 0.6) is 11.5 Å². The van der Waals surface area contributed by atoms with Crippen molar-refractivity contribution in [3.63, 3.8) is 0 Å². The molecule has 4 rings (SSSR count). The highest BCUT2D eigenvalue weighted by Crippen LogP contribution is 2.32. The summed E-state index contributed by atoms with van der Waals surface area (Å²) in [5.74, 6) is 2.25. The summed E-state index contributed by atoms with van der Waals surface area (Å²) in [5, 5.41) is 13.7. The Labute approximate surface area is 206 Å². The minimum Gasteiger partial charge on any atom is -0.490 e. The lowest BCUT2D eigenvalue weighted by atomic mass is 9.98. The van der Waals surface area contributed by atoms with Crippen molar-refractivity contribution in [1.82, 2.24) is 15.5 Å². The molecule has 2 aromatic rings. The molecule has 0 saturated heterocycles. The van der Waals surface area contributed by atoms with Crippen molar-refractivity contribution in [3.8, 4) is 11.5 Å². The molecule has 2 aliphatic rings. The number of aromatic amines is 1. The normalized spacial score (nSPS) is 16.7. The quantitative estimate of drug-likeness (QED) is 0.193. The summed E-state index contributed by atoms with van der Waals surface area (Å²) in [7, 11) is 0. The summed E-state index contributed by atoms with van der Waals surface area (Å²) in [6, 6.07) is 7.80. The van der Waals surface area contributed by atoms with Crippen molar-refractivity contribution < 1.29 is 14.2 Å². The summed E-state index contributed by atoms with van der Waals surface area (Å²) in [5.41, 5.74) is 1.86. The number of guanidine groups is 1. The van der Waals surface area contributed by atoms with E-state index in [9.17, 15) is 0 Å². The molecule has 176 valence electrons. The van der Waals surface area contributed by atoms with E-state index in [0.717, 1.165) is 48.9 Å². The van der Waals surface area contributed by atoms with E-state index in [4.69, 9.17) is 14.2 Å². The SMILES string of the molecule is I.c1cc(CN=C(NCCCOC2CCCCC2)Nc2ccc3c(c2)OCCCO3)[nH]n1. The van der Waals surface area contributed by atoms with Crippen LogP contribution in [0.3, 0.4) is 0 Å². The highest BCUT2D eigenvalue weighted by atomic mass is 127. The molecular formula is C23H34IN5O3. The Balaban J connectivity index is 0.00000289. The largest absolute Gasteiger partial charge is 0.490 e. The van der Waals surface area contributed by atoms with Crippen LogP contribution in [0.25, 0.3) is 0 Å². The van der Waals surface area contributed by atoms with E-state index < -0.39 is 0 Å². The zero-order chi connectivity index (χ0) is 21.1. The highest BCUT2D eigenvalue weighted by molar-refractivity contribution is 14.0. The van der Waals surface area contributed by atoms with Gasteiger partial charge in [-0.05, 0) is 37.5 Å². The number of halogens is 1. The number of fused-ring (bicyclic) bond motifs is 1. The van der Waals surface area contributed by atoms with Crippen LogP contribution in [-0.4, -0.2) is 48.6 Å². The fourth-order valence-electron chi connectivity index (χ4n) is 3.82. The summed E-state index contributed by atoms with van der Waals surface area (Å²) in [6.07, 6.45) is 10.4. The molecule has 1 aliphatic carbocycles. The lowest BCUT2D eigenvalue weighted by Gasteiger charge is -2.22. The number of rotatable bonds is 8. The minimum absolute atomic E-state index is 0. The van der Waals surface area contributed by atoms with Gasteiger partial charge in [0.25, 0.3) is 0 Å². The molecule has 8 nitrogen and oxygen atoms in total. The Morgan fingerprint density at radius 1 is 1.09 bits per heavy atom. The Hall–Kier alpha value is -2.01. The van der Waals surface area contributed by atoms with Gasteiger partial charge in [-0.3, -0.25) is 5.10 Å². The van der Waals surface area contributed by atoms with Crippen LogP contribution in [0.4, 0.5) is 5.69 Å². The van der Waals surface area contributed by atoms with E-state index >= 15 is 0 Å². The second-order valence-electron chi connectivity index (χ2n) is 7.99. The maximum absolute atomic E-state index is 6.03. The molecule has 0 spiro atoms. The monoisotopic (exact) mass is 555 g/mol. The molecule has 3 N–H and O–H groups in total. The zero-order valence-corrected chi connectivity index (χ0v) is 20.8. The highest BCUT2D eigenvalue weighted by Gasteiger charge is 2.14. The zero-order valence-electron chi connectivity index (χ0n) is 18.5. The van der Waals surface area contributed by atoms with E-state index in [0.29, 0.717) is 31.8 Å². The van der Waals surface area contributed by atoms with Crippen molar-refractivity contribution in [2.45, 2.75) is 57.6 Å². The van der Waals surface area contributed by atoms with Crippen LogP contribution in [0.15, 0.2) is 35.5 Å². The van der Waals surface area contributed by atoms with Gasteiger partial charge < -0.3 is 24.8 Å². The minimum atomic E-state index is 0. The second kappa shape index (κ2) is 13.5. The average Bonchev–Trinajstić information content (AvgIpc) is 3.22. The fourth-order valence-corrected chi connectivity index (χ4v) is 3.82. The fraction of sp³-hybridized carbons (Fsp3) is 0.565. The Morgan fingerprint density at radius 3 is 2.75 bits per heavy atom. The number of anilines is 1. The van der Waals surface area contributed by atoms with Crippen molar-refractivity contribution in [1.29, 1.82) is 0 Å². The van der Waals surface area contributed by atoms with Gasteiger partial charge in [0.05, 0.1) is 31.6 Å². The molecular weight excluding hydrogens is 521 g/mol. The molecule has 0 radical (unpaired) electrons. The standard InChI is InChI=1S/C23H33N5O3.HI/c1-2-6-20(7-3-1)29-13-4-11-24-23(25-17-19-10-12-26-28-19)27-18-8-9-21-22(16-18)31-15-5-14-30-21;/h8-10,12,16,20H,1-7,11,13-15,17H2,(H,26,28)(H2,24,25,27);1H. The van der Waals surface area contributed by atoms with Crippen LogP contribution < -0.4 is 20.1 Å². The molecule has 0 unspecified atom stereocenters. The summed E-state index contributed by atoms with van der Waals surface area (Å²) in [6.45, 7) is 3.41. The maximum atomic E-state index is 6.03. The molecule has 2 heterocycles. The smallest absolute Gasteiger partial charge is 0.196 e. The van der Waals surface area contributed by atoms with Gasteiger partial charge in [0.1, 0.15) is 0 Å². The topological polar surface area (TPSA) is 92.8 Å². The molecule has 1 aromatic carbocycles. The number of H-pyrrole nitrogens is 1. The number of nitrogens with zero attached hydrogens (tertiary/aromatic N) is 2. The van der Waals surface area contributed by atoms with E-state index in [1.165, 1.54) is 32.1 Å². The number of aromatic nitrogens is 2. The predicted octanol–water partition coefficient (Wildman–Crippen LogP) is 4.49. The number of aliphatic imine (C=N–C) groups is 1. The molecule has 1 saturated carbocycles. The third kappa shape index (κ3) is 7.84. The van der Waals surface area contributed by atoms with E-state index in [2.05, 4.69) is 25.8 Å². The van der Waals surface area contributed by atoms with Gasteiger partial charge in [-0.2, -0.15) is 5.10 Å². The van der Waals surface area contributed by atoms with Crippen LogP contribution in [0, 0.1) is 0 Å². The van der Waals surface area contributed by atoms with Crippen molar-refractivity contribution in [3.05, 3.63) is 36.2 Å². The van der Waals surface area contributed by atoms with Crippen molar-refractivity contribution in [2.24, 2.45) is 4.99 Å². The number of hydrogen-bond acceptors (Lipinski definition) is 5. The summed E-state index contributed by atoms with van der Waals surface area (Å²) >= 11 is 0. The predicted molar refractivity (Wildman–Crippen MR) is 136 cm³/mol. The first-order valence-electron chi connectivity index (χ1n) is 11.4. The molecule has 1 aliphatic heterocycles. The number of ether oxygens (including phenoxy) is 3. The third-order valence-corrected chi connectivity index (χ3v) is 5.50. The molecule has 1 fully saturated rings. The summed E-state index contributed by atoms with van der Waals surface area (Å²) < 4.78 is 17.6. The number of benzene rings is 1. The van der Waals surface area contributed by atoms with Gasteiger partial charge in [0.2, 0.25) is 0 Å². The van der Waals surface area contributed by atoms with Gasteiger partial charge in [-0.15, -0.1) is 24.0 Å². The van der Waals surface area contributed by atoms with Gasteiger partial charge in [-0.25, -0.2) is 4.99 Å². The van der Waals surface area contributed by atoms with Gasteiger partial charge in [0, 0.05) is 37.5 Å². The van der Waals surface area contributed by atoms with Crippen molar-refractivity contribution >= 4 is 35.6 Å². The first-order valence-corrected chi connectivity index (χ1v) is 11.4. The van der Waals surface area contributed by atoms with Crippen LogP contribution in [-0.2, 0) is 11.3 Å². The Bertz CT molecular complexity index is 825. The number of hydrogen-bond donors (Lipinski definition) is 3. The van der Waals surface area contributed by atoms with E-state index in [1.54, 1.807) is 6.20 Å². The van der Waals surface area contributed by atoms with Crippen LogP contribution in [0.2, 0.25) is 0 Å². The third-order valence-electron chi connectivity index (χ3n) is 5.50. The van der Waals surface area contributed by atoms with Crippen LogP contribution in [0.1, 0.15) is 50.6 Å². The molecule has 0 atom stereocenters. The average molecular weight is 555 g/mol. The Morgan fingerprint density at radius 2 is 1.94 bits per heavy atom. The first kappa shape index (κ1) is 24.6. The van der Waals surface area contributed by atoms with Gasteiger partial charge in [0.15, 0.2) is 17.5 Å². The van der Waals surface area contributed by atoms with Gasteiger partial charge in [-0.1, -0.05) is 19.3 Å². The lowest BCUT2D eigenvalue weighted by Crippen LogP contribution is -2.32. The van der Waals surface area contributed by atoms with Gasteiger partial charge >= 0.3 is 0 Å². The molecule has 1 aromatic heterocycles.